The fourth-order valence-corrected chi connectivity index (χ4v) is 4.09. The molecule has 0 spiro atoms. The number of anilines is 2. The minimum absolute atomic E-state index is 0.0913. The van der Waals surface area contributed by atoms with E-state index in [1.165, 1.54) is 11.8 Å². The Morgan fingerprint density at radius 2 is 1.84 bits per heavy atom. The van der Waals surface area contributed by atoms with Crippen LogP contribution in [0.1, 0.15) is 19.7 Å². The summed E-state index contributed by atoms with van der Waals surface area (Å²) in [5.74, 6) is 1.45. The molecule has 0 unspecified atom stereocenters. The Balaban J connectivity index is 1.37. The number of fused-ring (bicyclic) bond motifs is 1. The first-order chi connectivity index (χ1) is 15.5. The first-order valence-corrected chi connectivity index (χ1v) is 11.1. The van der Waals surface area contributed by atoms with Crippen LogP contribution in [0.5, 0.6) is 11.5 Å². The fraction of sp³-hybridized carbons (Fsp3) is 0.273. The van der Waals surface area contributed by atoms with E-state index in [1.54, 1.807) is 25.1 Å². The van der Waals surface area contributed by atoms with E-state index in [1.807, 2.05) is 41.8 Å². The van der Waals surface area contributed by atoms with Gasteiger partial charge in [0.2, 0.25) is 18.6 Å². The van der Waals surface area contributed by atoms with Gasteiger partial charge < -0.3 is 24.7 Å². The zero-order valence-electron chi connectivity index (χ0n) is 17.7. The Morgan fingerprint density at radius 3 is 2.62 bits per heavy atom. The van der Waals surface area contributed by atoms with Crippen LogP contribution in [0, 0.1) is 0 Å². The first kappa shape index (κ1) is 21.7. The maximum Gasteiger partial charge on any atom is 0.237 e. The van der Waals surface area contributed by atoms with Crippen LogP contribution >= 0.6 is 11.8 Å². The number of hydrogen-bond donors (Lipinski definition) is 2. The van der Waals surface area contributed by atoms with E-state index < -0.39 is 5.25 Å². The number of thioether (sulfide) groups is 1. The van der Waals surface area contributed by atoms with Crippen LogP contribution in [0.3, 0.4) is 0 Å². The molecule has 9 nitrogen and oxygen atoms in total. The van der Waals surface area contributed by atoms with E-state index in [4.69, 9.17) is 9.47 Å². The summed E-state index contributed by atoms with van der Waals surface area (Å²) in [6.07, 6.45) is 0.0913. The van der Waals surface area contributed by atoms with E-state index in [9.17, 15) is 9.59 Å². The molecule has 10 heteroatoms. The van der Waals surface area contributed by atoms with Gasteiger partial charge in [0.1, 0.15) is 5.82 Å². The molecule has 166 valence electrons. The lowest BCUT2D eigenvalue weighted by Crippen LogP contribution is -2.23. The van der Waals surface area contributed by atoms with Crippen molar-refractivity contribution < 1.29 is 19.1 Å². The molecule has 1 atom stereocenters. The third-order valence-corrected chi connectivity index (χ3v) is 5.86. The van der Waals surface area contributed by atoms with Gasteiger partial charge in [-0.2, -0.15) is 0 Å². The molecule has 0 fully saturated rings. The van der Waals surface area contributed by atoms with E-state index in [-0.39, 0.29) is 25.0 Å². The fourth-order valence-electron chi connectivity index (χ4n) is 3.15. The highest BCUT2D eigenvalue weighted by Gasteiger charge is 2.22. The third-order valence-electron chi connectivity index (χ3n) is 4.78. The van der Waals surface area contributed by atoms with E-state index in [0.29, 0.717) is 34.7 Å². The Bertz CT molecular complexity index is 1120. The number of benzene rings is 2. The number of nitrogens with zero attached hydrogens (tertiary/aromatic N) is 3. The van der Waals surface area contributed by atoms with Crippen molar-refractivity contribution in [3.8, 4) is 11.5 Å². The number of aromatic nitrogens is 3. The average Bonchev–Trinajstić information content (AvgIpc) is 3.40. The molecule has 2 heterocycles. The van der Waals surface area contributed by atoms with Gasteiger partial charge in [-0.1, -0.05) is 30.0 Å². The Labute approximate surface area is 189 Å². The molecular weight excluding hydrogens is 430 g/mol. The van der Waals surface area contributed by atoms with Crippen LogP contribution in [0.2, 0.25) is 0 Å². The van der Waals surface area contributed by atoms with Crippen LogP contribution in [-0.4, -0.2) is 38.6 Å². The molecule has 0 saturated carbocycles. The molecule has 0 saturated heterocycles. The molecule has 0 bridgehead atoms. The summed E-state index contributed by atoms with van der Waals surface area (Å²) in [4.78, 5) is 25.1. The SMILES string of the molecule is CCn1c(CC(=O)Nc2ccccc2)nnc1S[C@H](C)C(=O)Nc1ccc2c(c1)OCO2. The number of ether oxygens (including phenoxy) is 2. The predicted octanol–water partition coefficient (Wildman–Crippen LogP) is 3.33. The molecule has 1 aliphatic heterocycles. The van der Waals surface area contributed by atoms with Gasteiger partial charge in [-0.15, -0.1) is 10.2 Å². The number of carbonyl (C=O) groups is 2. The number of nitrogens with one attached hydrogen (secondary N) is 2. The van der Waals surface area contributed by atoms with E-state index in [2.05, 4.69) is 20.8 Å². The lowest BCUT2D eigenvalue weighted by Gasteiger charge is -2.13. The van der Waals surface area contributed by atoms with Gasteiger partial charge in [0.05, 0.1) is 11.7 Å². The summed E-state index contributed by atoms with van der Waals surface area (Å²) in [7, 11) is 0. The van der Waals surface area contributed by atoms with Crippen molar-refractivity contribution in [3.63, 3.8) is 0 Å². The second-order valence-electron chi connectivity index (χ2n) is 7.05. The van der Waals surface area contributed by atoms with Crippen molar-refractivity contribution >= 4 is 35.0 Å². The molecular formula is C22H23N5O4S. The minimum atomic E-state index is -0.430. The topological polar surface area (TPSA) is 107 Å². The van der Waals surface area contributed by atoms with Gasteiger partial charge in [0.15, 0.2) is 16.7 Å². The molecule has 32 heavy (non-hydrogen) atoms. The summed E-state index contributed by atoms with van der Waals surface area (Å²) in [6, 6.07) is 14.5. The zero-order chi connectivity index (χ0) is 22.5. The van der Waals surface area contributed by atoms with Crippen molar-refractivity contribution in [2.24, 2.45) is 0 Å². The maximum absolute atomic E-state index is 12.7. The summed E-state index contributed by atoms with van der Waals surface area (Å²) >= 11 is 1.29. The number of para-hydroxylation sites is 1. The van der Waals surface area contributed by atoms with Crippen molar-refractivity contribution in [2.45, 2.75) is 37.2 Å². The highest BCUT2D eigenvalue weighted by molar-refractivity contribution is 8.00. The Kier molecular flexibility index (Phi) is 6.60. The molecule has 2 N–H and O–H groups in total. The molecule has 2 amide bonds. The molecule has 0 radical (unpaired) electrons. The molecule has 1 aliphatic rings. The average molecular weight is 454 g/mol. The molecule has 2 aromatic carbocycles. The minimum Gasteiger partial charge on any atom is -0.454 e. The summed E-state index contributed by atoms with van der Waals surface area (Å²) in [5, 5.41) is 14.3. The first-order valence-electron chi connectivity index (χ1n) is 10.2. The van der Waals surface area contributed by atoms with Crippen LogP contribution in [-0.2, 0) is 22.6 Å². The van der Waals surface area contributed by atoms with Gasteiger partial charge in [0.25, 0.3) is 0 Å². The maximum atomic E-state index is 12.7. The van der Waals surface area contributed by atoms with Crippen molar-refractivity contribution in [1.29, 1.82) is 0 Å². The van der Waals surface area contributed by atoms with Crippen LogP contribution in [0.15, 0.2) is 53.7 Å². The Hall–Kier alpha value is -3.53. The number of rotatable bonds is 8. The summed E-state index contributed by atoms with van der Waals surface area (Å²) in [6.45, 7) is 4.50. The van der Waals surface area contributed by atoms with Gasteiger partial charge in [0, 0.05) is 24.0 Å². The van der Waals surface area contributed by atoms with Crippen LogP contribution in [0.4, 0.5) is 11.4 Å². The highest BCUT2D eigenvalue weighted by Crippen LogP contribution is 2.34. The summed E-state index contributed by atoms with van der Waals surface area (Å²) in [5.41, 5.74) is 1.35. The van der Waals surface area contributed by atoms with E-state index in [0.717, 1.165) is 5.69 Å². The second kappa shape index (κ2) is 9.73. The highest BCUT2D eigenvalue weighted by atomic mass is 32.2. The quantitative estimate of drug-likeness (QED) is 0.504. The Morgan fingerprint density at radius 1 is 1.06 bits per heavy atom. The van der Waals surface area contributed by atoms with Crippen LogP contribution in [0.25, 0.3) is 0 Å². The molecule has 4 rings (SSSR count). The van der Waals surface area contributed by atoms with Crippen molar-refractivity contribution in [1.82, 2.24) is 14.8 Å². The van der Waals surface area contributed by atoms with Gasteiger partial charge in [-0.05, 0) is 38.1 Å². The molecule has 3 aromatic rings. The van der Waals surface area contributed by atoms with Gasteiger partial charge in [-0.3, -0.25) is 9.59 Å². The second-order valence-corrected chi connectivity index (χ2v) is 8.36. The largest absolute Gasteiger partial charge is 0.454 e. The number of hydrogen-bond acceptors (Lipinski definition) is 7. The smallest absolute Gasteiger partial charge is 0.237 e. The number of carbonyl (C=O) groups excluding carboxylic acids is 2. The molecule has 1 aromatic heterocycles. The zero-order valence-corrected chi connectivity index (χ0v) is 18.5. The van der Waals surface area contributed by atoms with Gasteiger partial charge >= 0.3 is 0 Å². The third kappa shape index (κ3) is 5.02. The molecule has 0 aliphatic carbocycles. The number of amides is 2. The van der Waals surface area contributed by atoms with E-state index >= 15 is 0 Å². The lowest BCUT2D eigenvalue weighted by molar-refractivity contribution is -0.116. The lowest BCUT2D eigenvalue weighted by atomic mass is 10.2. The summed E-state index contributed by atoms with van der Waals surface area (Å²) < 4.78 is 12.5. The monoisotopic (exact) mass is 453 g/mol. The van der Waals surface area contributed by atoms with Crippen molar-refractivity contribution in [3.05, 3.63) is 54.4 Å². The normalized spacial score (nSPS) is 12.9. The van der Waals surface area contributed by atoms with Crippen LogP contribution < -0.4 is 20.1 Å². The van der Waals surface area contributed by atoms with Gasteiger partial charge in [-0.25, -0.2) is 0 Å². The predicted molar refractivity (Wildman–Crippen MR) is 121 cm³/mol. The standard InChI is InChI=1S/C22H23N5O4S/c1-3-27-19(12-20(28)23-15-7-5-4-6-8-15)25-26-22(27)32-14(2)21(29)24-16-9-10-17-18(11-16)31-13-30-17/h4-11,14H,3,12-13H2,1-2H3,(H,23,28)(H,24,29)/t14-/m1/s1. The van der Waals surface area contributed by atoms with Crippen molar-refractivity contribution in [2.75, 3.05) is 17.4 Å².